The van der Waals surface area contributed by atoms with Gasteiger partial charge in [0, 0.05) is 42.5 Å². The van der Waals surface area contributed by atoms with E-state index in [0.717, 1.165) is 22.3 Å². The number of amides is 1. The van der Waals surface area contributed by atoms with E-state index in [1.165, 1.54) is 16.4 Å². The number of sulfonamides is 1. The fraction of sp³-hybridized carbons (Fsp3) is 0.190. The number of nitrogens with two attached hydrogens (primary N) is 1. The molecule has 1 fully saturated rings. The summed E-state index contributed by atoms with van der Waals surface area (Å²) in [6, 6.07) is 12.3. The summed E-state index contributed by atoms with van der Waals surface area (Å²) >= 11 is 1.58. The van der Waals surface area contributed by atoms with Crippen molar-refractivity contribution in [2.24, 2.45) is 5.73 Å². The zero-order valence-electron chi connectivity index (χ0n) is 16.8. The number of benzene rings is 1. The van der Waals surface area contributed by atoms with Gasteiger partial charge in [-0.1, -0.05) is 12.1 Å². The lowest BCUT2D eigenvalue weighted by Gasteiger charge is -2.34. The van der Waals surface area contributed by atoms with Crippen molar-refractivity contribution in [1.82, 2.24) is 14.3 Å². The first-order valence-corrected chi connectivity index (χ1v) is 12.3. The van der Waals surface area contributed by atoms with E-state index in [-0.39, 0.29) is 23.9 Å². The minimum atomic E-state index is -3.87. The van der Waals surface area contributed by atoms with Gasteiger partial charge in [0.05, 0.1) is 5.52 Å². The average Bonchev–Trinajstić information content (AvgIpc) is 3.51. The number of anilines is 1. The number of primary amides is 1. The number of para-hydroxylation sites is 1. The normalized spacial score (nSPS) is 15.3. The fourth-order valence-corrected chi connectivity index (χ4v) is 5.65. The van der Waals surface area contributed by atoms with Gasteiger partial charge in [-0.3, -0.25) is 4.79 Å². The first-order valence-electron chi connectivity index (χ1n) is 9.87. The van der Waals surface area contributed by atoms with Gasteiger partial charge in [-0.25, -0.2) is 18.4 Å². The van der Waals surface area contributed by atoms with Crippen LogP contribution in [0.15, 0.2) is 62.7 Å². The molecular weight excluding hydrogens is 450 g/mol. The minimum absolute atomic E-state index is 0.185. The molecule has 1 amide bonds. The number of hydrogen-bond donors (Lipinski definition) is 1. The number of piperazine rings is 1. The second kappa shape index (κ2) is 8.01. The number of furan rings is 1. The first-order chi connectivity index (χ1) is 15.4. The van der Waals surface area contributed by atoms with Crippen molar-refractivity contribution in [1.29, 1.82) is 0 Å². The number of carbonyl (C=O) groups excluding carboxylic acids is 1. The Morgan fingerprint density at radius 2 is 1.81 bits per heavy atom. The standard InChI is InChI=1S/C21H19N5O4S2/c22-19(27)17-5-6-18(30-17)32(28,29)26-10-8-25(9-11-26)21-15-3-1-2-4-16(15)23-20(24-21)14-7-12-31-13-14/h1-7,12-13H,8-11H2,(H2,22,27). The number of fused-ring (bicyclic) bond motifs is 1. The number of thiophene rings is 1. The predicted octanol–water partition coefficient (Wildman–Crippen LogP) is 2.56. The molecule has 4 aromatic rings. The monoisotopic (exact) mass is 469 g/mol. The van der Waals surface area contributed by atoms with Crippen molar-refractivity contribution >= 4 is 44.0 Å². The van der Waals surface area contributed by atoms with E-state index in [2.05, 4.69) is 4.90 Å². The van der Waals surface area contributed by atoms with Crippen molar-refractivity contribution in [2.75, 3.05) is 31.1 Å². The highest BCUT2D eigenvalue weighted by Crippen LogP contribution is 2.30. The van der Waals surface area contributed by atoms with Crippen LogP contribution in [-0.2, 0) is 10.0 Å². The number of hydrogen-bond acceptors (Lipinski definition) is 8. The molecule has 1 aliphatic rings. The highest BCUT2D eigenvalue weighted by atomic mass is 32.2. The van der Waals surface area contributed by atoms with Gasteiger partial charge in [0.15, 0.2) is 11.6 Å². The van der Waals surface area contributed by atoms with Gasteiger partial charge in [-0.2, -0.15) is 15.6 Å². The summed E-state index contributed by atoms with van der Waals surface area (Å²) in [5.41, 5.74) is 6.95. The van der Waals surface area contributed by atoms with E-state index in [4.69, 9.17) is 20.1 Å². The lowest BCUT2D eigenvalue weighted by Crippen LogP contribution is -2.49. The maximum atomic E-state index is 12.9. The highest BCUT2D eigenvalue weighted by Gasteiger charge is 2.32. The molecule has 3 aromatic heterocycles. The molecule has 0 aliphatic carbocycles. The summed E-state index contributed by atoms with van der Waals surface area (Å²) in [5, 5.41) is 4.62. The lowest BCUT2D eigenvalue weighted by molar-refractivity contribution is 0.0968. The first kappa shape index (κ1) is 20.6. The number of rotatable bonds is 5. The van der Waals surface area contributed by atoms with Gasteiger partial charge in [0.25, 0.3) is 15.9 Å². The van der Waals surface area contributed by atoms with Crippen molar-refractivity contribution in [2.45, 2.75) is 5.09 Å². The third-order valence-corrected chi connectivity index (χ3v) is 7.78. The molecule has 0 spiro atoms. The number of nitrogens with zero attached hydrogens (tertiary/aromatic N) is 4. The number of aromatic nitrogens is 2. The topological polar surface area (TPSA) is 123 Å². The molecule has 4 heterocycles. The summed E-state index contributed by atoms with van der Waals surface area (Å²) in [5.74, 6) is 0.427. The molecule has 1 saturated heterocycles. The molecule has 9 nitrogen and oxygen atoms in total. The molecule has 11 heteroatoms. The zero-order chi connectivity index (χ0) is 22.3. The maximum Gasteiger partial charge on any atom is 0.284 e. The second-order valence-corrected chi connectivity index (χ2v) is 9.92. The van der Waals surface area contributed by atoms with E-state index >= 15 is 0 Å². The fourth-order valence-electron chi connectivity index (χ4n) is 3.68. The van der Waals surface area contributed by atoms with Crippen LogP contribution in [0.1, 0.15) is 10.6 Å². The van der Waals surface area contributed by atoms with Gasteiger partial charge in [-0.05, 0) is 35.7 Å². The van der Waals surface area contributed by atoms with E-state index in [9.17, 15) is 13.2 Å². The smallest absolute Gasteiger partial charge is 0.284 e. The zero-order valence-corrected chi connectivity index (χ0v) is 18.5. The van der Waals surface area contributed by atoms with Crippen molar-refractivity contribution in [3.8, 4) is 11.4 Å². The van der Waals surface area contributed by atoms with Gasteiger partial charge in [0.1, 0.15) is 5.82 Å². The Hall–Kier alpha value is -3.28. The summed E-state index contributed by atoms with van der Waals surface area (Å²) in [4.78, 5) is 22.8. The third-order valence-electron chi connectivity index (χ3n) is 5.32. The molecule has 1 aliphatic heterocycles. The van der Waals surface area contributed by atoms with E-state index in [1.54, 1.807) is 11.3 Å². The van der Waals surface area contributed by atoms with Crippen molar-refractivity contribution in [3.63, 3.8) is 0 Å². The van der Waals surface area contributed by atoms with Crippen LogP contribution in [-0.4, -0.2) is 54.8 Å². The summed E-state index contributed by atoms with van der Waals surface area (Å²) in [7, 11) is -3.87. The van der Waals surface area contributed by atoms with Gasteiger partial charge in [0.2, 0.25) is 5.09 Å². The summed E-state index contributed by atoms with van der Waals surface area (Å²) < 4.78 is 32.3. The minimum Gasteiger partial charge on any atom is -0.438 e. The molecule has 0 radical (unpaired) electrons. The molecule has 0 atom stereocenters. The average molecular weight is 470 g/mol. The Morgan fingerprint density at radius 1 is 1.03 bits per heavy atom. The van der Waals surface area contributed by atoms with Crippen LogP contribution in [0.5, 0.6) is 0 Å². The predicted molar refractivity (Wildman–Crippen MR) is 121 cm³/mol. The van der Waals surface area contributed by atoms with Gasteiger partial charge >= 0.3 is 0 Å². The number of carbonyl (C=O) groups is 1. The maximum absolute atomic E-state index is 12.9. The van der Waals surface area contributed by atoms with Crippen LogP contribution in [0.2, 0.25) is 0 Å². The van der Waals surface area contributed by atoms with Gasteiger partial charge < -0.3 is 15.1 Å². The Kier molecular flexibility index (Phi) is 5.16. The molecule has 1 aromatic carbocycles. The summed E-state index contributed by atoms with van der Waals surface area (Å²) in [6.45, 7) is 1.40. The van der Waals surface area contributed by atoms with Crippen LogP contribution in [0.4, 0.5) is 5.82 Å². The lowest BCUT2D eigenvalue weighted by atomic mass is 10.2. The quantitative estimate of drug-likeness (QED) is 0.476. The van der Waals surface area contributed by atoms with Crippen LogP contribution >= 0.6 is 11.3 Å². The Morgan fingerprint density at radius 3 is 2.50 bits per heavy atom. The van der Waals surface area contributed by atoms with E-state index in [1.807, 2.05) is 41.1 Å². The van der Waals surface area contributed by atoms with Crippen LogP contribution in [0.25, 0.3) is 22.3 Å². The largest absolute Gasteiger partial charge is 0.438 e. The third kappa shape index (κ3) is 3.64. The highest BCUT2D eigenvalue weighted by molar-refractivity contribution is 7.89. The van der Waals surface area contributed by atoms with E-state index in [0.29, 0.717) is 18.9 Å². The SMILES string of the molecule is NC(=O)c1ccc(S(=O)(=O)N2CCN(c3nc(-c4ccsc4)nc4ccccc34)CC2)o1. The van der Waals surface area contributed by atoms with Crippen LogP contribution < -0.4 is 10.6 Å². The molecule has 2 N–H and O–H groups in total. The van der Waals surface area contributed by atoms with E-state index < -0.39 is 15.9 Å². The second-order valence-electron chi connectivity index (χ2n) is 7.27. The van der Waals surface area contributed by atoms with Crippen LogP contribution in [0.3, 0.4) is 0 Å². The summed E-state index contributed by atoms with van der Waals surface area (Å²) in [6.07, 6.45) is 0. The van der Waals surface area contributed by atoms with Crippen LogP contribution in [0, 0.1) is 0 Å². The molecule has 5 rings (SSSR count). The molecule has 32 heavy (non-hydrogen) atoms. The van der Waals surface area contributed by atoms with Gasteiger partial charge in [-0.15, -0.1) is 0 Å². The molecule has 164 valence electrons. The molecule has 0 unspecified atom stereocenters. The Bertz CT molecular complexity index is 1390. The Labute approximate surface area is 188 Å². The van der Waals surface area contributed by atoms with Crippen molar-refractivity contribution < 1.29 is 17.6 Å². The molecule has 0 saturated carbocycles. The Balaban J connectivity index is 1.42. The van der Waals surface area contributed by atoms with Crippen molar-refractivity contribution in [3.05, 3.63) is 59.0 Å². The molecular formula is C21H19N5O4S2. The molecule has 0 bridgehead atoms.